The SMILES string of the molecule is CN1CCN(Cc2cn3c(=O)c(O)c(-c4ncc(Cc5ccc(F)cc5C(=O)N5CCN(C)CC5)s4)nc3s2)CC1. The molecule has 2 aliphatic rings. The van der Waals surface area contributed by atoms with Gasteiger partial charge in [0.2, 0.25) is 5.75 Å². The van der Waals surface area contributed by atoms with Crippen LogP contribution in [0.4, 0.5) is 4.39 Å². The zero-order valence-electron chi connectivity index (χ0n) is 23.0. The van der Waals surface area contributed by atoms with E-state index in [9.17, 15) is 19.1 Å². The number of nitrogens with zero attached hydrogens (tertiary/aromatic N) is 7. The van der Waals surface area contributed by atoms with E-state index < -0.39 is 17.1 Å². The number of aromatic nitrogens is 3. The number of hydrogen-bond acceptors (Lipinski definition) is 10. The summed E-state index contributed by atoms with van der Waals surface area (Å²) in [5, 5.41) is 11.2. The van der Waals surface area contributed by atoms with Crippen molar-refractivity contribution >= 4 is 33.5 Å². The van der Waals surface area contributed by atoms with E-state index in [1.807, 2.05) is 7.05 Å². The highest BCUT2D eigenvalue weighted by Gasteiger charge is 2.24. The Morgan fingerprint density at radius 2 is 1.71 bits per heavy atom. The molecule has 6 rings (SSSR count). The van der Waals surface area contributed by atoms with Crippen LogP contribution < -0.4 is 5.56 Å². The van der Waals surface area contributed by atoms with E-state index >= 15 is 0 Å². The maximum atomic E-state index is 14.2. The van der Waals surface area contributed by atoms with Crippen molar-refractivity contribution in [2.45, 2.75) is 13.0 Å². The van der Waals surface area contributed by atoms with Crippen molar-refractivity contribution in [1.82, 2.24) is 34.0 Å². The van der Waals surface area contributed by atoms with E-state index in [0.29, 0.717) is 40.6 Å². The van der Waals surface area contributed by atoms with Crippen molar-refractivity contribution in [2.75, 3.05) is 66.5 Å². The van der Waals surface area contributed by atoms with Gasteiger partial charge in [-0.3, -0.25) is 18.9 Å². The van der Waals surface area contributed by atoms with Crippen LogP contribution in [0.2, 0.25) is 0 Å². The first-order chi connectivity index (χ1) is 19.7. The van der Waals surface area contributed by atoms with Gasteiger partial charge in [0.1, 0.15) is 16.5 Å². The summed E-state index contributed by atoms with van der Waals surface area (Å²) in [7, 11) is 4.13. The average Bonchev–Trinajstić information content (AvgIpc) is 3.60. The monoisotopic (exact) mass is 597 g/mol. The van der Waals surface area contributed by atoms with Crippen LogP contribution in [0.15, 0.2) is 35.4 Å². The lowest BCUT2D eigenvalue weighted by molar-refractivity contribution is 0.0662. The topological polar surface area (TPSA) is 97.5 Å². The number of piperazine rings is 2. The maximum absolute atomic E-state index is 14.2. The fraction of sp³-hybridized carbons (Fsp3) is 0.429. The van der Waals surface area contributed by atoms with Crippen LogP contribution in [0.1, 0.15) is 25.7 Å². The number of benzene rings is 1. The predicted octanol–water partition coefficient (Wildman–Crippen LogP) is 2.45. The zero-order valence-corrected chi connectivity index (χ0v) is 24.7. The number of fused-ring (bicyclic) bond motifs is 1. The molecular weight excluding hydrogens is 565 g/mol. The molecule has 0 atom stereocenters. The standard InChI is InChI=1S/C28H32FN7O3S2/c1-32-5-9-34(10-6-32)16-21-17-36-27(39)24(37)23(31-28(36)41-21)25-30-15-20(40-25)13-18-3-4-19(29)14-22(18)26(38)35-11-7-33(2)8-12-35/h3-4,14-15,17,37H,5-13,16H2,1-2H3. The van der Waals surface area contributed by atoms with Crippen LogP contribution in [0, 0.1) is 5.82 Å². The van der Waals surface area contributed by atoms with Gasteiger partial charge in [0.15, 0.2) is 4.96 Å². The zero-order chi connectivity index (χ0) is 28.7. The molecule has 10 nitrogen and oxygen atoms in total. The molecule has 1 N–H and O–H groups in total. The number of hydrogen-bond donors (Lipinski definition) is 1. The van der Waals surface area contributed by atoms with Crippen LogP contribution in [-0.4, -0.2) is 111 Å². The van der Waals surface area contributed by atoms with Gasteiger partial charge in [-0.2, -0.15) is 0 Å². The maximum Gasteiger partial charge on any atom is 0.301 e. The molecular formula is C28H32FN7O3S2. The number of thiazole rings is 2. The van der Waals surface area contributed by atoms with Gasteiger partial charge in [-0.1, -0.05) is 17.4 Å². The molecule has 1 aromatic carbocycles. The van der Waals surface area contributed by atoms with Crippen molar-refractivity contribution in [1.29, 1.82) is 0 Å². The first-order valence-electron chi connectivity index (χ1n) is 13.6. The van der Waals surface area contributed by atoms with Gasteiger partial charge in [0, 0.05) is 93.0 Å². The van der Waals surface area contributed by atoms with E-state index in [0.717, 1.165) is 55.6 Å². The first kappa shape index (κ1) is 27.9. The molecule has 41 heavy (non-hydrogen) atoms. The van der Waals surface area contributed by atoms with Gasteiger partial charge in [0.25, 0.3) is 5.91 Å². The number of likely N-dealkylation sites (N-methyl/N-ethyl adjacent to an activating group) is 2. The third-order valence-electron chi connectivity index (χ3n) is 7.74. The third kappa shape index (κ3) is 5.90. The Morgan fingerprint density at radius 1 is 1.00 bits per heavy atom. The molecule has 0 saturated carbocycles. The summed E-state index contributed by atoms with van der Waals surface area (Å²) in [4.78, 5) is 46.3. The second-order valence-electron chi connectivity index (χ2n) is 10.7. The van der Waals surface area contributed by atoms with Gasteiger partial charge < -0.3 is 19.8 Å². The lowest BCUT2D eigenvalue weighted by Crippen LogP contribution is -2.47. The molecule has 4 aromatic rings. The Labute approximate surface area is 244 Å². The third-order valence-corrected chi connectivity index (χ3v) is 9.71. The van der Waals surface area contributed by atoms with Crippen molar-refractivity contribution in [3.63, 3.8) is 0 Å². The lowest BCUT2D eigenvalue weighted by atomic mass is 10.0. The summed E-state index contributed by atoms with van der Waals surface area (Å²) in [5.74, 6) is -1.08. The minimum Gasteiger partial charge on any atom is -0.501 e. The van der Waals surface area contributed by atoms with Crippen LogP contribution in [0.25, 0.3) is 15.7 Å². The second-order valence-corrected chi connectivity index (χ2v) is 13.0. The van der Waals surface area contributed by atoms with Crippen molar-refractivity contribution in [3.05, 3.63) is 67.6 Å². The van der Waals surface area contributed by atoms with Gasteiger partial charge in [-0.05, 0) is 31.8 Å². The molecule has 0 aliphatic carbocycles. The Hall–Kier alpha value is -3.23. The summed E-state index contributed by atoms with van der Waals surface area (Å²) in [6.45, 7) is 7.40. The number of amides is 1. The van der Waals surface area contributed by atoms with E-state index in [-0.39, 0.29) is 11.6 Å². The summed E-state index contributed by atoms with van der Waals surface area (Å²) >= 11 is 2.73. The highest BCUT2D eigenvalue weighted by atomic mass is 32.1. The summed E-state index contributed by atoms with van der Waals surface area (Å²) in [5.41, 5.74) is 0.662. The predicted molar refractivity (Wildman–Crippen MR) is 157 cm³/mol. The minimum absolute atomic E-state index is 0.145. The molecule has 0 spiro atoms. The number of rotatable bonds is 6. The summed E-state index contributed by atoms with van der Waals surface area (Å²) in [6, 6.07) is 4.30. The molecule has 5 heterocycles. The molecule has 2 fully saturated rings. The van der Waals surface area contributed by atoms with Crippen LogP contribution in [0.3, 0.4) is 0 Å². The first-order valence-corrected chi connectivity index (χ1v) is 15.2. The van der Waals surface area contributed by atoms with Gasteiger partial charge >= 0.3 is 5.56 Å². The molecule has 1 amide bonds. The summed E-state index contributed by atoms with van der Waals surface area (Å²) in [6.07, 6.45) is 3.78. The molecule has 3 aromatic heterocycles. The van der Waals surface area contributed by atoms with E-state index in [1.165, 1.54) is 39.2 Å². The van der Waals surface area contributed by atoms with Gasteiger partial charge in [-0.25, -0.2) is 14.4 Å². The quantitative estimate of drug-likeness (QED) is 0.362. The largest absolute Gasteiger partial charge is 0.501 e. The molecule has 216 valence electrons. The Bertz CT molecular complexity index is 1640. The minimum atomic E-state index is -0.527. The van der Waals surface area contributed by atoms with Crippen LogP contribution in [0.5, 0.6) is 5.75 Å². The van der Waals surface area contributed by atoms with Crippen molar-refractivity contribution < 1.29 is 14.3 Å². The lowest BCUT2D eigenvalue weighted by Gasteiger charge is -2.32. The number of carbonyl (C=O) groups is 1. The summed E-state index contributed by atoms with van der Waals surface area (Å²) < 4.78 is 15.6. The van der Waals surface area contributed by atoms with Gasteiger partial charge in [-0.15, -0.1) is 11.3 Å². The molecule has 13 heteroatoms. The smallest absolute Gasteiger partial charge is 0.301 e. The molecule has 2 saturated heterocycles. The van der Waals surface area contributed by atoms with Crippen LogP contribution in [-0.2, 0) is 13.0 Å². The number of aromatic hydroxyl groups is 1. The number of carbonyl (C=O) groups excluding carboxylic acids is 1. The number of halogens is 1. The Kier molecular flexibility index (Phi) is 7.88. The van der Waals surface area contributed by atoms with E-state index in [2.05, 4.69) is 31.7 Å². The fourth-order valence-corrected chi connectivity index (χ4v) is 7.13. The second kappa shape index (κ2) is 11.6. The van der Waals surface area contributed by atoms with E-state index in [1.54, 1.807) is 23.4 Å². The van der Waals surface area contributed by atoms with Crippen LogP contribution >= 0.6 is 22.7 Å². The highest BCUT2D eigenvalue weighted by molar-refractivity contribution is 7.17. The normalized spacial score (nSPS) is 17.5. The van der Waals surface area contributed by atoms with Crippen molar-refractivity contribution in [3.8, 4) is 16.5 Å². The van der Waals surface area contributed by atoms with E-state index in [4.69, 9.17) is 0 Å². The molecule has 2 aliphatic heterocycles. The van der Waals surface area contributed by atoms with Gasteiger partial charge in [0.05, 0.1) is 0 Å². The fourth-order valence-electron chi connectivity index (χ4n) is 5.19. The highest BCUT2D eigenvalue weighted by Crippen LogP contribution is 2.32. The Balaban J connectivity index is 1.24. The molecule has 0 unspecified atom stereocenters. The average molecular weight is 598 g/mol. The molecule has 0 radical (unpaired) electrons. The Morgan fingerprint density at radius 3 is 2.44 bits per heavy atom. The van der Waals surface area contributed by atoms with Crippen molar-refractivity contribution in [2.24, 2.45) is 0 Å². The molecule has 0 bridgehead atoms.